The highest BCUT2D eigenvalue weighted by atomic mass is 19.1. The quantitative estimate of drug-likeness (QED) is 0.776. The van der Waals surface area contributed by atoms with Crippen molar-refractivity contribution in [1.82, 2.24) is 25.3 Å². The zero-order valence-corrected chi connectivity index (χ0v) is 10.2. The van der Waals surface area contributed by atoms with Crippen molar-refractivity contribution < 1.29 is 4.39 Å². The molecule has 6 nitrogen and oxygen atoms in total. The van der Waals surface area contributed by atoms with Gasteiger partial charge in [0.25, 0.3) is 0 Å². The summed E-state index contributed by atoms with van der Waals surface area (Å²) in [6, 6.07) is 9.92. The topological polar surface area (TPSA) is 68.0 Å². The van der Waals surface area contributed by atoms with E-state index in [0.29, 0.717) is 11.5 Å². The molecular formula is C12H11FN6. The third kappa shape index (κ3) is 2.35. The van der Waals surface area contributed by atoms with Crippen LogP contribution in [-0.4, -0.2) is 25.3 Å². The lowest BCUT2D eigenvalue weighted by Crippen LogP contribution is -2.09. The van der Waals surface area contributed by atoms with Crippen LogP contribution in [0.3, 0.4) is 0 Å². The molecule has 1 aromatic carbocycles. The molecule has 0 radical (unpaired) electrons. The Kier molecular flexibility index (Phi) is 2.79. The van der Waals surface area contributed by atoms with Crippen molar-refractivity contribution in [3.05, 3.63) is 47.8 Å². The Morgan fingerprint density at radius 2 is 1.95 bits per heavy atom. The van der Waals surface area contributed by atoms with E-state index in [0.717, 1.165) is 5.56 Å². The summed E-state index contributed by atoms with van der Waals surface area (Å²) in [7, 11) is 0. The number of anilines is 1. The zero-order chi connectivity index (χ0) is 13.2. The number of tetrazole rings is 1. The molecule has 0 saturated carbocycles. The predicted octanol–water partition coefficient (Wildman–Crippen LogP) is 1.83. The van der Waals surface area contributed by atoms with Crippen LogP contribution in [0.15, 0.2) is 36.4 Å². The van der Waals surface area contributed by atoms with Crippen LogP contribution < -0.4 is 5.32 Å². The lowest BCUT2D eigenvalue weighted by molar-refractivity contribution is 0.626. The number of benzene rings is 1. The molecule has 1 atom stereocenters. The summed E-state index contributed by atoms with van der Waals surface area (Å²) in [4.78, 5) is 0. The van der Waals surface area contributed by atoms with Gasteiger partial charge < -0.3 is 5.32 Å². The Morgan fingerprint density at radius 3 is 2.74 bits per heavy atom. The van der Waals surface area contributed by atoms with E-state index in [9.17, 15) is 4.39 Å². The number of nitrogens with zero attached hydrogens (tertiary/aromatic N) is 5. The van der Waals surface area contributed by atoms with Crippen molar-refractivity contribution in [2.24, 2.45) is 0 Å². The van der Waals surface area contributed by atoms with Crippen LogP contribution in [-0.2, 0) is 0 Å². The second-order valence-corrected chi connectivity index (χ2v) is 4.16. The number of fused-ring (bicyclic) bond motifs is 1. The Labute approximate surface area is 108 Å². The molecule has 0 spiro atoms. The van der Waals surface area contributed by atoms with Gasteiger partial charge in [0.1, 0.15) is 11.6 Å². The van der Waals surface area contributed by atoms with Crippen LogP contribution in [0.4, 0.5) is 10.2 Å². The van der Waals surface area contributed by atoms with Crippen molar-refractivity contribution in [2.75, 3.05) is 5.32 Å². The third-order valence-corrected chi connectivity index (χ3v) is 2.80. The number of nitrogens with one attached hydrogen (secondary N) is 1. The summed E-state index contributed by atoms with van der Waals surface area (Å²) < 4.78 is 14.2. The molecule has 0 fully saturated rings. The normalized spacial score (nSPS) is 12.5. The van der Waals surface area contributed by atoms with Crippen molar-refractivity contribution in [3.63, 3.8) is 0 Å². The molecule has 2 aromatic heterocycles. The van der Waals surface area contributed by atoms with E-state index in [1.165, 1.54) is 16.8 Å². The van der Waals surface area contributed by atoms with Crippen LogP contribution in [0.25, 0.3) is 5.65 Å². The largest absolute Gasteiger partial charge is 0.362 e. The molecule has 0 bridgehead atoms. The lowest BCUT2D eigenvalue weighted by Gasteiger charge is -2.14. The molecule has 1 unspecified atom stereocenters. The molecule has 7 heteroatoms. The van der Waals surface area contributed by atoms with E-state index in [1.807, 2.05) is 6.92 Å². The van der Waals surface area contributed by atoms with Gasteiger partial charge in [0.15, 0.2) is 5.65 Å². The smallest absolute Gasteiger partial charge is 0.200 e. The number of hydrogen-bond donors (Lipinski definition) is 1. The Balaban J connectivity index is 1.81. The monoisotopic (exact) mass is 258 g/mol. The van der Waals surface area contributed by atoms with Gasteiger partial charge in [0, 0.05) is 0 Å². The van der Waals surface area contributed by atoms with Crippen molar-refractivity contribution in [3.8, 4) is 0 Å². The van der Waals surface area contributed by atoms with Crippen molar-refractivity contribution >= 4 is 11.5 Å². The number of aromatic nitrogens is 5. The molecule has 0 aliphatic heterocycles. The van der Waals surface area contributed by atoms with Crippen molar-refractivity contribution in [1.29, 1.82) is 0 Å². The number of halogens is 1. The average molecular weight is 258 g/mol. The summed E-state index contributed by atoms with van der Waals surface area (Å²) in [6.45, 7) is 1.97. The van der Waals surface area contributed by atoms with Gasteiger partial charge in [-0.1, -0.05) is 12.1 Å². The van der Waals surface area contributed by atoms with E-state index in [4.69, 9.17) is 0 Å². The van der Waals surface area contributed by atoms with Gasteiger partial charge >= 0.3 is 0 Å². The molecule has 3 rings (SSSR count). The van der Waals surface area contributed by atoms with Gasteiger partial charge in [-0.2, -0.15) is 0 Å². The third-order valence-electron chi connectivity index (χ3n) is 2.80. The van der Waals surface area contributed by atoms with Crippen LogP contribution in [0, 0.1) is 5.82 Å². The summed E-state index contributed by atoms with van der Waals surface area (Å²) in [5.74, 6) is 0.404. The zero-order valence-electron chi connectivity index (χ0n) is 10.2. The van der Waals surface area contributed by atoms with Gasteiger partial charge in [0.2, 0.25) is 0 Å². The van der Waals surface area contributed by atoms with Crippen LogP contribution in [0.2, 0.25) is 0 Å². The molecule has 1 N–H and O–H groups in total. The van der Waals surface area contributed by atoms with E-state index in [2.05, 4.69) is 25.9 Å². The fourth-order valence-electron chi connectivity index (χ4n) is 1.78. The Hall–Kier alpha value is -2.57. The first-order valence-electron chi connectivity index (χ1n) is 5.80. The first kappa shape index (κ1) is 11.5. The first-order chi connectivity index (χ1) is 9.22. The van der Waals surface area contributed by atoms with Gasteiger partial charge in [0.05, 0.1) is 6.04 Å². The molecule has 19 heavy (non-hydrogen) atoms. The number of rotatable bonds is 3. The lowest BCUT2D eigenvalue weighted by atomic mass is 10.1. The minimum atomic E-state index is -0.246. The average Bonchev–Trinajstić information content (AvgIpc) is 2.87. The van der Waals surface area contributed by atoms with E-state index in [-0.39, 0.29) is 11.9 Å². The van der Waals surface area contributed by atoms with Crippen LogP contribution in [0.1, 0.15) is 18.5 Å². The highest BCUT2D eigenvalue weighted by Gasteiger charge is 2.07. The van der Waals surface area contributed by atoms with Gasteiger partial charge in [-0.25, -0.2) is 4.39 Å². The molecular weight excluding hydrogens is 247 g/mol. The van der Waals surface area contributed by atoms with Gasteiger partial charge in [-0.05, 0) is 47.2 Å². The SMILES string of the molecule is CC(Nc1ccc2nnnn2n1)c1ccc(F)cc1. The maximum Gasteiger partial charge on any atom is 0.200 e. The summed E-state index contributed by atoms with van der Waals surface area (Å²) in [5, 5.41) is 18.4. The first-order valence-corrected chi connectivity index (χ1v) is 5.80. The minimum Gasteiger partial charge on any atom is -0.362 e. The molecule has 3 aromatic rings. The Bertz CT molecular complexity index is 693. The molecule has 0 saturated heterocycles. The minimum absolute atomic E-state index is 0.00188. The van der Waals surface area contributed by atoms with Gasteiger partial charge in [-0.3, -0.25) is 0 Å². The van der Waals surface area contributed by atoms with E-state index in [1.54, 1.807) is 24.3 Å². The highest BCUT2D eigenvalue weighted by molar-refractivity contribution is 5.43. The van der Waals surface area contributed by atoms with Crippen molar-refractivity contribution in [2.45, 2.75) is 13.0 Å². The fraction of sp³-hybridized carbons (Fsp3) is 0.167. The molecule has 0 aliphatic carbocycles. The van der Waals surface area contributed by atoms with Crippen LogP contribution in [0.5, 0.6) is 0 Å². The summed E-state index contributed by atoms with van der Waals surface area (Å²) in [5.41, 5.74) is 1.56. The standard InChI is InChI=1S/C12H11FN6/c1-8(9-2-4-10(13)5-3-9)14-11-6-7-12-15-17-18-19(12)16-11/h2-8H,1H3,(H,14,16). The van der Waals surface area contributed by atoms with E-state index >= 15 is 0 Å². The molecule has 2 heterocycles. The predicted molar refractivity (Wildman–Crippen MR) is 67.0 cm³/mol. The molecule has 96 valence electrons. The molecule has 0 aliphatic rings. The van der Waals surface area contributed by atoms with Crippen LogP contribution >= 0.6 is 0 Å². The summed E-state index contributed by atoms with van der Waals surface area (Å²) in [6.07, 6.45) is 0. The highest BCUT2D eigenvalue weighted by Crippen LogP contribution is 2.17. The number of hydrogen-bond acceptors (Lipinski definition) is 5. The van der Waals surface area contributed by atoms with E-state index < -0.39 is 0 Å². The maximum atomic E-state index is 12.9. The summed E-state index contributed by atoms with van der Waals surface area (Å²) >= 11 is 0. The molecule has 0 amide bonds. The second-order valence-electron chi connectivity index (χ2n) is 4.16. The van der Waals surface area contributed by atoms with Gasteiger partial charge in [-0.15, -0.1) is 14.8 Å². The second kappa shape index (κ2) is 4.60. The fourth-order valence-corrected chi connectivity index (χ4v) is 1.78. The maximum absolute atomic E-state index is 12.9. The Morgan fingerprint density at radius 1 is 1.16 bits per heavy atom.